The van der Waals surface area contributed by atoms with Crippen molar-refractivity contribution in [1.29, 1.82) is 0 Å². The molecule has 2 aromatic carbocycles. The second-order valence-electron chi connectivity index (χ2n) is 3.63. The fourth-order valence-electron chi connectivity index (χ4n) is 1.69. The van der Waals surface area contributed by atoms with E-state index in [4.69, 9.17) is 5.11 Å². The van der Waals surface area contributed by atoms with Gasteiger partial charge in [-0.3, -0.25) is 0 Å². The van der Waals surface area contributed by atoms with Crippen LogP contribution in [0.25, 0.3) is 5.57 Å². The average molecular weight is 224 g/mol. The third-order valence-electron chi connectivity index (χ3n) is 2.44. The van der Waals surface area contributed by atoms with Crippen LogP contribution < -0.4 is 0 Å². The van der Waals surface area contributed by atoms with Crippen LogP contribution in [0.1, 0.15) is 11.1 Å². The molecule has 0 aliphatic rings. The van der Waals surface area contributed by atoms with Gasteiger partial charge in [0.25, 0.3) is 0 Å². The van der Waals surface area contributed by atoms with E-state index in [1.165, 1.54) is 6.08 Å². The van der Waals surface area contributed by atoms with Crippen LogP contribution in [0.5, 0.6) is 0 Å². The topological polar surface area (TPSA) is 37.3 Å². The number of hydrogen-bond donors (Lipinski definition) is 1. The summed E-state index contributed by atoms with van der Waals surface area (Å²) in [4.78, 5) is 10.9. The van der Waals surface area contributed by atoms with Crippen LogP contribution in [0.2, 0.25) is 0 Å². The van der Waals surface area contributed by atoms with Gasteiger partial charge in [0.05, 0.1) is 0 Å². The van der Waals surface area contributed by atoms with Crippen LogP contribution in [0.4, 0.5) is 0 Å². The SMILES string of the molecule is O=C(O)C=C(c1ccccc1)c1ccccc1. The van der Waals surface area contributed by atoms with Gasteiger partial charge in [-0.2, -0.15) is 0 Å². The summed E-state index contributed by atoms with van der Waals surface area (Å²) in [5.41, 5.74) is 2.53. The Hall–Kier alpha value is -2.35. The molecule has 0 spiro atoms. The van der Waals surface area contributed by atoms with E-state index in [1.807, 2.05) is 60.7 Å². The molecule has 2 nitrogen and oxygen atoms in total. The summed E-state index contributed by atoms with van der Waals surface area (Å²) in [6, 6.07) is 19.0. The van der Waals surface area contributed by atoms with Crippen molar-refractivity contribution < 1.29 is 9.90 Å². The van der Waals surface area contributed by atoms with Crippen molar-refractivity contribution in [1.82, 2.24) is 0 Å². The predicted molar refractivity (Wildman–Crippen MR) is 67.6 cm³/mol. The largest absolute Gasteiger partial charge is 0.478 e. The first kappa shape index (κ1) is 11.1. The van der Waals surface area contributed by atoms with Crippen molar-refractivity contribution >= 4 is 11.5 Å². The lowest BCUT2D eigenvalue weighted by Crippen LogP contribution is -1.94. The van der Waals surface area contributed by atoms with Gasteiger partial charge in [0.2, 0.25) is 0 Å². The number of aliphatic carboxylic acids is 1. The molecule has 17 heavy (non-hydrogen) atoms. The van der Waals surface area contributed by atoms with Crippen molar-refractivity contribution in [3.8, 4) is 0 Å². The summed E-state index contributed by atoms with van der Waals surface area (Å²) in [5, 5.41) is 8.93. The van der Waals surface area contributed by atoms with E-state index in [0.717, 1.165) is 16.7 Å². The van der Waals surface area contributed by atoms with Gasteiger partial charge in [0.1, 0.15) is 0 Å². The van der Waals surface area contributed by atoms with Gasteiger partial charge in [0, 0.05) is 6.08 Å². The first-order chi connectivity index (χ1) is 8.27. The van der Waals surface area contributed by atoms with Crippen molar-refractivity contribution in [2.45, 2.75) is 0 Å². The number of carbonyl (C=O) groups is 1. The van der Waals surface area contributed by atoms with Crippen LogP contribution in [0.15, 0.2) is 66.7 Å². The first-order valence-electron chi connectivity index (χ1n) is 5.33. The Labute approximate surface area is 99.8 Å². The van der Waals surface area contributed by atoms with Crippen molar-refractivity contribution in [3.63, 3.8) is 0 Å². The third-order valence-corrected chi connectivity index (χ3v) is 2.44. The summed E-state index contributed by atoms with van der Waals surface area (Å²) in [6.45, 7) is 0. The molecule has 2 rings (SSSR count). The van der Waals surface area contributed by atoms with Crippen molar-refractivity contribution in [2.24, 2.45) is 0 Å². The van der Waals surface area contributed by atoms with Gasteiger partial charge in [-0.15, -0.1) is 0 Å². The van der Waals surface area contributed by atoms with Gasteiger partial charge < -0.3 is 5.11 Å². The quantitative estimate of drug-likeness (QED) is 0.813. The van der Waals surface area contributed by atoms with Crippen molar-refractivity contribution in [3.05, 3.63) is 77.9 Å². The smallest absolute Gasteiger partial charge is 0.328 e. The molecule has 0 unspecified atom stereocenters. The standard InChI is InChI=1S/C15H12O2/c16-15(17)11-14(12-7-3-1-4-8-12)13-9-5-2-6-10-13/h1-11H,(H,16,17). The maximum absolute atomic E-state index is 10.9. The minimum absolute atomic E-state index is 0.721. The molecule has 0 aliphatic heterocycles. The molecule has 84 valence electrons. The molecule has 0 saturated carbocycles. The maximum Gasteiger partial charge on any atom is 0.328 e. The lowest BCUT2D eigenvalue weighted by atomic mass is 9.98. The van der Waals surface area contributed by atoms with Crippen molar-refractivity contribution in [2.75, 3.05) is 0 Å². The minimum Gasteiger partial charge on any atom is -0.478 e. The van der Waals surface area contributed by atoms with Crippen LogP contribution in [-0.4, -0.2) is 11.1 Å². The molecule has 0 bridgehead atoms. The second-order valence-corrected chi connectivity index (χ2v) is 3.63. The van der Waals surface area contributed by atoms with Gasteiger partial charge in [-0.05, 0) is 16.7 Å². The highest BCUT2D eigenvalue weighted by molar-refractivity contribution is 5.95. The highest BCUT2D eigenvalue weighted by Gasteiger charge is 2.05. The lowest BCUT2D eigenvalue weighted by molar-refractivity contribution is -0.131. The molecule has 2 aromatic rings. The summed E-state index contributed by atoms with van der Waals surface area (Å²) in [7, 11) is 0. The molecule has 0 atom stereocenters. The van der Waals surface area contributed by atoms with E-state index in [9.17, 15) is 4.79 Å². The molecule has 1 N–H and O–H groups in total. The molecule has 0 radical (unpaired) electrons. The molecule has 0 heterocycles. The Morgan fingerprint density at radius 2 is 1.24 bits per heavy atom. The maximum atomic E-state index is 10.9. The van der Waals surface area contributed by atoms with E-state index < -0.39 is 5.97 Å². The fraction of sp³-hybridized carbons (Fsp3) is 0. The molecule has 0 saturated heterocycles. The highest BCUT2D eigenvalue weighted by Crippen LogP contribution is 2.22. The van der Waals surface area contributed by atoms with Gasteiger partial charge in [-0.25, -0.2) is 4.79 Å². The highest BCUT2D eigenvalue weighted by atomic mass is 16.4. The summed E-state index contributed by atoms with van der Waals surface area (Å²) in [6.07, 6.45) is 1.24. The summed E-state index contributed by atoms with van der Waals surface area (Å²) >= 11 is 0. The Morgan fingerprint density at radius 1 is 0.824 bits per heavy atom. The fourth-order valence-corrected chi connectivity index (χ4v) is 1.69. The second kappa shape index (κ2) is 5.12. The number of carboxylic acids is 1. The van der Waals surface area contributed by atoms with Gasteiger partial charge in [-0.1, -0.05) is 60.7 Å². The van der Waals surface area contributed by atoms with E-state index in [2.05, 4.69) is 0 Å². The van der Waals surface area contributed by atoms with Crippen LogP contribution in [0, 0.1) is 0 Å². The van der Waals surface area contributed by atoms with E-state index in [-0.39, 0.29) is 0 Å². The molecule has 0 amide bonds. The molecular weight excluding hydrogens is 212 g/mol. The van der Waals surface area contributed by atoms with E-state index in [0.29, 0.717) is 0 Å². The lowest BCUT2D eigenvalue weighted by Gasteiger charge is -2.06. The molecule has 0 aromatic heterocycles. The summed E-state index contributed by atoms with van der Waals surface area (Å²) in [5.74, 6) is -0.937. The van der Waals surface area contributed by atoms with Crippen LogP contribution in [0.3, 0.4) is 0 Å². The normalized spacial score (nSPS) is 9.65. The Bertz CT molecular complexity index is 486. The number of hydrogen-bond acceptors (Lipinski definition) is 1. The zero-order chi connectivity index (χ0) is 12.1. The van der Waals surface area contributed by atoms with Gasteiger partial charge >= 0.3 is 5.97 Å². The Morgan fingerprint density at radius 3 is 1.59 bits per heavy atom. The molecular formula is C15H12O2. The van der Waals surface area contributed by atoms with Crippen LogP contribution in [-0.2, 0) is 4.79 Å². The van der Waals surface area contributed by atoms with E-state index >= 15 is 0 Å². The minimum atomic E-state index is -0.937. The van der Waals surface area contributed by atoms with E-state index in [1.54, 1.807) is 0 Å². The first-order valence-corrected chi connectivity index (χ1v) is 5.33. The number of rotatable bonds is 3. The summed E-state index contributed by atoms with van der Waals surface area (Å²) < 4.78 is 0. The number of carboxylic acid groups (broad SMARTS) is 1. The molecule has 0 aliphatic carbocycles. The Kier molecular flexibility index (Phi) is 3.36. The zero-order valence-electron chi connectivity index (χ0n) is 9.21. The number of benzene rings is 2. The van der Waals surface area contributed by atoms with Crippen LogP contribution >= 0.6 is 0 Å². The molecule has 0 fully saturated rings. The third kappa shape index (κ3) is 2.82. The Balaban J connectivity index is 2.51. The molecule has 2 heteroatoms. The van der Waals surface area contributed by atoms with Gasteiger partial charge in [0.15, 0.2) is 0 Å². The zero-order valence-corrected chi connectivity index (χ0v) is 9.21. The monoisotopic (exact) mass is 224 g/mol. The average Bonchev–Trinajstić information content (AvgIpc) is 2.38. The predicted octanol–water partition coefficient (Wildman–Crippen LogP) is 3.20.